The molecule has 5 nitrogen and oxygen atoms in total. The summed E-state index contributed by atoms with van der Waals surface area (Å²) in [4.78, 5) is 34.4. The van der Waals surface area contributed by atoms with Crippen molar-refractivity contribution in [1.82, 2.24) is 0 Å². The first-order chi connectivity index (χ1) is 7.99. The molecular formula is C12H12O5. The number of carbonyl (C=O) groups is 3. The second-order valence-electron chi connectivity index (χ2n) is 3.41. The van der Waals surface area contributed by atoms with Crippen molar-refractivity contribution in [2.75, 3.05) is 7.11 Å². The molecule has 0 aliphatic heterocycles. The lowest BCUT2D eigenvalue weighted by Gasteiger charge is -2.08. The predicted molar refractivity (Wildman–Crippen MR) is 58.8 cm³/mol. The number of benzene rings is 1. The van der Waals surface area contributed by atoms with Gasteiger partial charge in [-0.2, -0.15) is 0 Å². The van der Waals surface area contributed by atoms with E-state index in [9.17, 15) is 19.5 Å². The van der Waals surface area contributed by atoms with Crippen molar-refractivity contribution in [1.29, 1.82) is 0 Å². The number of ketones is 2. The molecule has 17 heavy (non-hydrogen) atoms. The predicted octanol–water partition coefficient (Wildman–Crippen LogP) is 0.606. The Morgan fingerprint density at radius 2 is 1.71 bits per heavy atom. The first kappa shape index (κ1) is 13.1. The van der Waals surface area contributed by atoms with E-state index in [1.165, 1.54) is 25.1 Å². The van der Waals surface area contributed by atoms with Crippen LogP contribution in [0, 0.1) is 0 Å². The Balaban J connectivity index is 3.21. The summed E-state index contributed by atoms with van der Waals surface area (Å²) >= 11 is 0. The van der Waals surface area contributed by atoms with Crippen molar-refractivity contribution in [2.45, 2.75) is 13.0 Å². The van der Waals surface area contributed by atoms with Crippen molar-refractivity contribution >= 4 is 17.5 Å². The Morgan fingerprint density at radius 3 is 2.18 bits per heavy atom. The molecule has 1 aromatic carbocycles. The second-order valence-corrected chi connectivity index (χ2v) is 3.41. The molecule has 1 rings (SSSR count). The highest BCUT2D eigenvalue weighted by molar-refractivity contribution is 6.42. The Labute approximate surface area is 98.0 Å². The molecule has 0 heterocycles. The molecule has 0 radical (unpaired) electrons. The molecule has 0 saturated heterocycles. The monoisotopic (exact) mass is 236 g/mol. The third-order valence-corrected chi connectivity index (χ3v) is 2.19. The molecule has 0 aliphatic carbocycles. The molecule has 90 valence electrons. The topological polar surface area (TPSA) is 80.7 Å². The van der Waals surface area contributed by atoms with Crippen LogP contribution in [-0.4, -0.2) is 35.9 Å². The van der Waals surface area contributed by atoms with Gasteiger partial charge in [0.15, 0.2) is 5.78 Å². The number of esters is 1. The Kier molecular flexibility index (Phi) is 4.12. The zero-order valence-electron chi connectivity index (χ0n) is 9.47. The van der Waals surface area contributed by atoms with Gasteiger partial charge in [0.1, 0.15) is 6.10 Å². The molecule has 0 bridgehead atoms. The summed E-state index contributed by atoms with van der Waals surface area (Å²) in [6.45, 7) is 1.29. The van der Waals surface area contributed by atoms with Crippen LogP contribution in [0.2, 0.25) is 0 Å². The summed E-state index contributed by atoms with van der Waals surface area (Å²) in [5.74, 6) is -2.56. The van der Waals surface area contributed by atoms with E-state index in [0.717, 1.165) is 7.11 Å². The zero-order valence-corrected chi connectivity index (χ0v) is 9.47. The van der Waals surface area contributed by atoms with Crippen molar-refractivity contribution in [3.8, 4) is 0 Å². The van der Waals surface area contributed by atoms with E-state index in [0.29, 0.717) is 0 Å². The van der Waals surface area contributed by atoms with Gasteiger partial charge in [-0.1, -0.05) is 24.3 Å². The van der Waals surface area contributed by atoms with Crippen LogP contribution < -0.4 is 0 Å². The molecule has 1 aromatic rings. The van der Waals surface area contributed by atoms with Crippen LogP contribution in [0.5, 0.6) is 0 Å². The fourth-order valence-electron chi connectivity index (χ4n) is 1.32. The van der Waals surface area contributed by atoms with Gasteiger partial charge in [0.25, 0.3) is 5.78 Å². The average Bonchev–Trinajstić information content (AvgIpc) is 2.35. The van der Waals surface area contributed by atoms with Crippen molar-refractivity contribution in [3.05, 3.63) is 35.4 Å². The van der Waals surface area contributed by atoms with Crippen LogP contribution >= 0.6 is 0 Å². The van der Waals surface area contributed by atoms with Crippen LogP contribution in [0.25, 0.3) is 0 Å². The van der Waals surface area contributed by atoms with Gasteiger partial charge >= 0.3 is 5.97 Å². The average molecular weight is 236 g/mol. The largest absolute Gasteiger partial charge is 0.463 e. The Bertz CT molecular complexity index is 462. The fourth-order valence-corrected chi connectivity index (χ4v) is 1.32. The van der Waals surface area contributed by atoms with E-state index < -0.39 is 23.6 Å². The first-order valence-electron chi connectivity index (χ1n) is 4.93. The standard InChI is InChI=1S/C12H12O5/c1-7(13)10(14)8-5-3-4-6-9(8)11(15)12(16)17-2/h3-7,13H,1-2H3. The van der Waals surface area contributed by atoms with Gasteiger partial charge in [-0.05, 0) is 6.92 Å². The SMILES string of the molecule is COC(=O)C(=O)c1ccccc1C(=O)C(C)O. The summed E-state index contributed by atoms with van der Waals surface area (Å²) in [7, 11) is 1.08. The van der Waals surface area contributed by atoms with Gasteiger partial charge in [-0.25, -0.2) is 4.79 Å². The molecule has 1 atom stereocenters. The molecule has 0 aromatic heterocycles. The van der Waals surface area contributed by atoms with Gasteiger partial charge in [-0.3, -0.25) is 9.59 Å². The van der Waals surface area contributed by atoms with Gasteiger partial charge in [-0.15, -0.1) is 0 Å². The van der Waals surface area contributed by atoms with Gasteiger partial charge < -0.3 is 9.84 Å². The molecule has 1 N–H and O–H groups in total. The van der Waals surface area contributed by atoms with Crippen LogP contribution in [0.4, 0.5) is 0 Å². The number of hydrogen-bond acceptors (Lipinski definition) is 5. The number of ether oxygens (including phenoxy) is 1. The van der Waals surface area contributed by atoms with Crippen molar-refractivity contribution in [3.63, 3.8) is 0 Å². The summed E-state index contributed by atoms with van der Waals surface area (Å²) in [5, 5.41) is 9.20. The highest BCUT2D eigenvalue weighted by Crippen LogP contribution is 2.13. The number of carbonyl (C=O) groups excluding carboxylic acids is 3. The maximum absolute atomic E-state index is 11.6. The van der Waals surface area contributed by atoms with E-state index in [2.05, 4.69) is 4.74 Å². The Hall–Kier alpha value is -2.01. The third-order valence-electron chi connectivity index (χ3n) is 2.19. The fraction of sp³-hybridized carbons (Fsp3) is 0.250. The number of aliphatic hydroxyl groups excluding tert-OH is 1. The van der Waals surface area contributed by atoms with Gasteiger partial charge in [0.2, 0.25) is 0 Å². The first-order valence-corrected chi connectivity index (χ1v) is 4.93. The van der Waals surface area contributed by atoms with E-state index in [-0.39, 0.29) is 11.1 Å². The summed E-state index contributed by atoms with van der Waals surface area (Å²) in [6, 6.07) is 5.79. The normalized spacial score (nSPS) is 11.7. The smallest absolute Gasteiger partial charge is 0.379 e. The summed E-state index contributed by atoms with van der Waals surface area (Å²) in [6.07, 6.45) is -1.23. The lowest BCUT2D eigenvalue weighted by Crippen LogP contribution is -2.23. The minimum Gasteiger partial charge on any atom is -0.463 e. The highest BCUT2D eigenvalue weighted by atomic mass is 16.5. The quantitative estimate of drug-likeness (QED) is 0.470. The second kappa shape index (κ2) is 5.36. The van der Waals surface area contributed by atoms with E-state index in [1.807, 2.05) is 0 Å². The molecule has 0 aliphatic rings. The number of rotatable bonds is 4. The maximum Gasteiger partial charge on any atom is 0.379 e. The Morgan fingerprint density at radius 1 is 1.18 bits per heavy atom. The van der Waals surface area contributed by atoms with Crippen LogP contribution in [-0.2, 0) is 9.53 Å². The summed E-state index contributed by atoms with van der Waals surface area (Å²) in [5.41, 5.74) is -0.0526. The number of Topliss-reactive ketones (excluding diaryl/α,β-unsaturated/α-hetero) is 2. The van der Waals surface area contributed by atoms with E-state index in [4.69, 9.17) is 0 Å². The van der Waals surface area contributed by atoms with Crippen LogP contribution in [0.15, 0.2) is 24.3 Å². The van der Waals surface area contributed by atoms with Crippen molar-refractivity contribution < 1.29 is 24.2 Å². The van der Waals surface area contributed by atoms with Gasteiger partial charge in [0, 0.05) is 11.1 Å². The number of hydrogen-bond donors (Lipinski definition) is 1. The lowest BCUT2D eigenvalue weighted by molar-refractivity contribution is -0.135. The number of aliphatic hydroxyl groups is 1. The third kappa shape index (κ3) is 2.76. The number of methoxy groups -OCH3 is 1. The molecular weight excluding hydrogens is 224 g/mol. The van der Waals surface area contributed by atoms with Gasteiger partial charge in [0.05, 0.1) is 7.11 Å². The molecule has 0 fully saturated rings. The molecule has 5 heteroatoms. The maximum atomic E-state index is 11.6. The minimum absolute atomic E-state index is 0.0119. The highest BCUT2D eigenvalue weighted by Gasteiger charge is 2.24. The zero-order chi connectivity index (χ0) is 13.0. The molecule has 1 unspecified atom stereocenters. The molecule has 0 amide bonds. The lowest BCUT2D eigenvalue weighted by atomic mass is 9.98. The minimum atomic E-state index is -1.23. The van der Waals surface area contributed by atoms with E-state index >= 15 is 0 Å². The molecule has 0 spiro atoms. The van der Waals surface area contributed by atoms with Crippen LogP contribution in [0.3, 0.4) is 0 Å². The van der Waals surface area contributed by atoms with E-state index in [1.54, 1.807) is 6.07 Å². The molecule has 0 saturated carbocycles. The summed E-state index contributed by atoms with van der Waals surface area (Å²) < 4.78 is 4.30. The van der Waals surface area contributed by atoms with Crippen LogP contribution in [0.1, 0.15) is 27.6 Å². The van der Waals surface area contributed by atoms with Crippen molar-refractivity contribution in [2.24, 2.45) is 0 Å².